The molecule has 1 aliphatic heterocycles. The summed E-state index contributed by atoms with van der Waals surface area (Å²) in [6, 6.07) is 0. The van der Waals surface area contributed by atoms with Crippen molar-refractivity contribution in [3.8, 4) is 0 Å². The molecule has 0 radical (unpaired) electrons. The van der Waals surface area contributed by atoms with E-state index in [-0.39, 0.29) is 22.1 Å². The van der Waals surface area contributed by atoms with Gasteiger partial charge in [0.05, 0.1) is 28.3 Å². The van der Waals surface area contributed by atoms with Crippen molar-refractivity contribution >= 4 is 33.1 Å². The number of rotatable bonds is 6. The van der Waals surface area contributed by atoms with Crippen LogP contribution in [0.3, 0.4) is 0 Å². The first-order valence-corrected chi connectivity index (χ1v) is 9.51. The van der Waals surface area contributed by atoms with E-state index in [0.717, 1.165) is 5.57 Å². The van der Waals surface area contributed by atoms with Gasteiger partial charge < -0.3 is 0 Å². The SMILES string of the molecule is C=CN=CC(=C(C)C)n1nc(C(C)=O)c2c1C(C=C)=C(C=C)S(=O)(=O)C2. The second kappa shape index (κ2) is 7.21. The fourth-order valence-corrected chi connectivity index (χ4v) is 4.40. The highest BCUT2D eigenvalue weighted by Crippen LogP contribution is 2.38. The number of hydrogen-bond acceptors (Lipinski definition) is 5. The van der Waals surface area contributed by atoms with Crippen LogP contribution in [0.2, 0.25) is 0 Å². The molecule has 1 aliphatic rings. The maximum absolute atomic E-state index is 12.6. The highest BCUT2D eigenvalue weighted by molar-refractivity contribution is 7.95. The number of ketones is 1. The van der Waals surface area contributed by atoms with E-state index in [1.165, 1.54) is 25.3 Å². The topological polar surface area (TPSA) is 81.4 Å². The monoisotopic (exact) mass is 371 g/mol. The van der Waals surface area contributed by atoms with Gasteiger partial charge in [-0.1, -0.05) is 31.9 Å². The van der Waals surface area contributed by atoms with Crippen LogP contribution >= 0.6 is 0 Å². The molecule has 0 aliphatic carbocycles. The molecule has 0 bridgehead atoms. The van der Waals surface area contributed by atoms with Crippen molar-refractivity contribution in [2.45, 2.75) is 26.5 Å². The molecule has 0 unspecified atom stereocenters. The van der Waals surface area contributed by atoms with Gasteiger partial charge in [0.15, 0.2) is 15.6 Å². The van der Waals surface area contributed by atoms with Gasteiger partial charge in [0, 0.05) is 24.3 Å². The lowest BCUT2D eigenvalue weighted by atomic mass is 10.0. The van der Waals surface area contributed by atoms with E-state index in [0.29, 0.717) is 22.5 Å². The standard InChI is InChI=1S/C19H21N3O3S/c1-7-14-17(8-2)26(24,25)11-15-18(13(6)23)21-22(19(14)15)16(12(4)5)10-20-9-3/h7-10H,1-3,11H2,4-6H3. The smallest absolute Gasteiger partial charge is 0.183 e. The van der Waals surface area contributed by atoms with Crippen molar-refractivity contribution in [1.29, 1.82) is 0 Å². The summed E-state index contributed by atoms with van der Waals surface area (Å²) in [5, 5.41) is 4.40. The average Bonchev–Trinajstić information content (AvgIpc) is 2.91. The van der Waals surface area contributed by atoms with Crippen molar-refractivity contribution in [2.24, 2.45) is 4.99 Å². The predicted molar refractivity (Wildman–Crippen MR) is 105 cm³/mol. The quantitative estimate of drug-likeness (QED) is 0.565. The molecule has 26 heavy (non-hydrogen) atoms. The summed E-state index contributed by atoms with van der Waals surface area (Å²) >= 11 is 0. The van der Waals surface area contributed by atoms with E-state index in [1.54, 1.807) is 10.9 Å². The number of carbonyl (C=O) groups is 1. The highest BCUT2D eigenvalue weighted by atomic mass is 32.2. The lowest BCUT2D eigenvalue weighted by Crippen LogP contribution is -2.17. The van der Waals surface area contributed by atoms with Gasteiger partial charge in [-0.25, -0.2) is 13.1 Å². The zero-order valence-corrected chi connectivity index (χ0v) is 15.9. The molecular formula is C19H21N3O3S. The highest BCUT2D eigenvalue weighted by Gasteiger charge is 2.35. The van der Waals surface area contributed by atoms with Crippen LogP contribution in [0.1, 0.15) is 42.5 Å². The molecule has 2 heterocycles. The van der Waals surface area contributed by atoms with E-state index in [1.807, 2.05) is 13.8 Å². The maximum atomic E-state index is 12.6. The Kier molecular flexibility index (Phi) is 5.41. The number of Topliss-reactive ketones (excluding diaryl/α,β-unsaturated/α-hetero) is 1. The van der Waals surface area contributed by atoms with Gasteiger partial charge in [0.25, 0.3) is 0 Å². The van der Waals surface area contributed by atoms with Crippen molar-refractivity contribution in [1.82, 2.24) is 9.78 Å². The molecule has 0 fully saturated rings. The van der Waals surface area contributed by atoms with E-state index in [2.05, 4.69) is 29.8 Å². The first kappa shape index (κ1) is 19.5. The number of aromatic nitrogens is 2. The molecule has 1 aromatic heterocycles. The molecule has 6 nitrogen and oxygen atoms in total. The Labute approximate surface area is 153 Å². The van der Waals surface area contributed by atoms with Crippen molar-refractivity contribution in [3.63, 3.8) is 0 Å². The Balaban J connectivity index is 3.02. The lowest BCUT2D eigenvalue weighted by Gasteiger charge is -2.19. The van der Waals surface area contributed by atoms with Crippen LogP contribution in [0.25, 0.3) is 11.3 Å². The first-order chi connectivity index (χ1) is 12.2. The lowest BCUT2D eigenvalue weighted by molar-refractivity contribution is 0.101. The van der Waals surface area contributed by atoms with Crippen molar-refractivity contribution in [3.05, 3.63) is 65.5 Å². The zero-order chi connectivity index (χ0) is 19.6. The Bertz CT molecular complexity index is 1010. The summed E-state index contributed by atoms with van der Waals surface area (Å²) in [6.45, 7) is 16.0. The fraction of sp³-hybridized carbons (Fsp3) is 0.211. The van der Waals surface area contributed by atoms with Crippen LogP contribution in [0.4, 0.5) is 0 Å². The fourth-order valence-electron chi connectivity index (χ4n) is 2.83. The Hall–Kier alpha value is -2.80. The molecule has 0 aromatic carbocycles. The molecule has 0 spiro atoms. The van der Waals surface area contributed by atoms with Crippen molar-refractivity contribution < 1.29 is 13.2 Å². The van der Waals surface area contributed by atoms with Crippen LogP contribution in [0.15, 0.2) is 53.6 Å². The minimum Gasteiger partial charge on any atom is -0.293 e. The maximum Gasteiger partial charge on any atom is 0.183 e. The zero-order valence-electron chi connectivity index (χ0n) is 15.1. The van der Waals surface area contributed by atoms with Crippen LogP contribution in [0.5, 0.6) is 0 Å². The Morgan fingerprint density at radius 2 is 1.85 bits per heavy atom. The van der Waals surface area contributed by atoms with Crippen molar-refractivity contribution in [2.75, 3.05) is 0 Å². The normalized spacial score (nSPS) is 15.5. The van der Waals surface area contributed by atoms with Gasteiger partial charge in [0.1, 0.15) is 5.69 Å². The van der Waals surface area contributed by atoms with Crippen LogP contribution in [-0.4, -0.2) is 30.2 Å². The molecule has 0 amide bonds. The third-order valence-corrected chi connectivity index (χ3v) is 5.66. The number of hydrogen-bond donors (Lipinski definition) is 0. The molecular weight excluding hydrogens is 350 g/mol. The second-order valence-corrected chi connectivity index (χ2v) is 7.89. The molecule has 0 saturated carbocycles. The third-order valence-electron chi connectivity index (χ3n) is 3.94. The van der Waals surface area contributed by atoms with Crippen LogP contribution in [-0.2, 0) is 15.6 Å². The van der Waals surface area contributed by atoms with Gasteiger partial charge >= 0.3 is 0 Å². The van der Waals surface area contributed by atoms with Crippen LogP contribution < -0.4 is 0 Å². The van der Waals surface area contributed by atoms with E-state index in [4.69, 9.17) is 0 Å². The average molecular weight is 371 g/mol. The van der Waals surface area contributed by atoms with Gasteiger partial charge in [0.2, 0.25) is 0 Å². The van der Waals surface area contributed by atoms with E-state index < -0.39 is 9.84 Å². The van der Waals surface area contributed by atoms with E-state index >= 15 is 0 Å². The molecule has 0 atom stereocenters. The largest absolute Gasteiger partial charge is 0.293 e. The summed E-state index contributed by atoms with van der Waals surface area (Å²) in [6.07, 6.45) is 5.69. The summed E-state index contributed by atoms with van der Waals surface area (Å²) in [7, 11) is -3.63. The Morgan fingerprint density at radius 1 is 1.19 bits per heavy atom. The Morgan fingerprint density at radius 3 is 2.31 bits per heavy atom. The van der Waals surface area contributed by atoms with E-state index in [9.17, 15) is 13.2 Å². The summed E-state index contributed by atoms with van der Waals surface area (Å²) in [5.74, 6) is -0.626. The van der Waals surface area contributed by atoms with Gasteiger partial charge in [-0.15, -0.1) is 0 Å². The van der Waals surface area contributed by atoms with Crippen LogP contribution in [0, 0.1) is 0 Å². The molecule has 0 saturated heterocycles. The number of sulfone groups is 1. The molecule has 2 rings (SSSR count). The predicted octanol–water partition coefficient (Wildman–Crippen LogP) is 3.56. The summed E-state index contributed by atoms with van der Waals surface area (Å²) < 4.78 is 26.8. The number of carbonyl (C=O) groups excluding carboxylic acids is 1. The van der Waals surface area contributed by atoms with Gasteiger partial charge in [-0.05, 0) is 19.4 Å². The molecule has 0 N–H and O–H groups in total. The number of aliphatic imine (C=N–C) groups is 1. The summed E-state index contributed by atoms with van der Waals surface area (Å²) in [4.78, 5) is 16.2. The molecule has 7 heteroatoms. The summed E-state index contributed by atoms with van der Waals surface area (Å²) in [5.41, 5.74) is 2.87. The van der Waals surface area contributed by atoms with Gasteiger partial charge in [-0.3, -0.25) is 9.79 Å². The third kappa shape index (κ3) is 3.17. The number of nitrogens with zero attached hydrogens (tertiary/aromatic N) is 3. The first-order valence-electron chi connectivity index (χ1n) is 7.86. The second-order valence-electron chi connectivity index (χ2n) is 5.94. The number of fused-ring (bicyclic) bond motifs is 1. The minimum absolute atomic E-state index is 0.0741. The minimum atomic E-state index is -3.63. The molecule has 136 valence electrons. The van der Waals surface area contributed by atoms with Gasteiger partial charge in [-0.2, -0.15) is 5.10 Å². The number of allylic oxidation sites excluding steroid dienone is 5. The molecule has 1 aromatic rings.